The SMILES string of the molecule is CC(C)N1CCN(C(=O)OC(C)(C)CC[SH](C)N2CC(N)C2)[C@@H](C#N)C1. The fourth-order valence-corrected chi connectivity index (χ4v) is 5.41. The lowest BCUT2D eigenvalue weighted by Crippen LogP contribution is -2.57. The van der Waals surface area contributed by atoms with Crippen molar-refractivity contribution in [3.63, 3.8) is 0 Å². The summed E-state index contributed by atoms with van der Waals surface area (Å²) in [5, 5.41) is 9.46. The smallest absolute Gasteiger partial charge is 0.411 e. The average Bonchev–Trinajstić information content (AvgIpc) is 2.55. The molecule has 8 heteroatoms. The van der Waals surface area contributed by atoms with Crippen molar-refractivity contribution in [2.45, 2.75) is 57.8 Å². The summed E-state index contributed by atoms with van der Waals surface area (Å²) in [5.74, 6) is 1.02. The molecular weight excluding hydrogens is 350 g/mol. The van der Waals surface area contributed by atoms with Crippen LogP contribution in [0.1, 0.15) is 34.1 Å². The number of thiol groups is 1. The highest BCUT2D eigenvalue weighted by Crippen LogP contribution is 2.34. The molecule has 0 aliphatic carbocycles. The summed E-state index contributed by atoms with van der Waals surface area (Å²) < 4.78 is 8.22. The van der Waals surface area contributed by atoms with Gasteiger partial charge in [-0.25, -0.2) is 15.9 Å². The van der Waals surface area contributed by atoms with Crippen LogP contribution < -0.4 is 5.73 Å². The van der Waals surface area contributed by atoms with Crippen LogP contribution >= 0.6 is 11.1 Å². The first-order valence-corrected chi connectivity index (χ1v) is 11.4. The van der Waals surface area contributed by atoms with Gasteiger partial charge in [0, 0.05) is 44.8 Å². The molecule has 1 unspecified atom stereocenters. The van der Waals surface area contributed by atoms with Gasteiger partial charge in [-0.2, -0.15) is 5.26 Å². The predicted octanol–water partition coefficient (Wildman–Crippen LogP) is 1.40. The fraction of sp³-hybridized carbons (Fsp3) is 0.889. The van der Waals surface area contributed by atoms with Crippen LogP contribution in [0.3, 0.4) is 0 Å². The summed E-state index contributed by atoms with van der Waals surface area (Å²) in [7, 11) is 0. The first kappa shape index (κ1) is 21.3. The van der Waals surface area contributed by atoms with E-state index in [1.807, 2.05) is 13.8 Å². The second-order valence-electron chi connectivity index (χ2n) is 8.32. The Balaban J connectivity index is 1.83. The zero-order valence-corrected chi connectivity index (χ0v) is 17.7. The Bertz CT molecular complexity index is 530. The third kappa shape index (κ3) is 5.49. The van der Waals surface area contributed by atoms with Crippen LogP contribution in [0, 0.1) is 11.3 Å². The molecule has 2 saturated heterocycles. The molecule has 150 valence electrons. The van der Waals surface area contributed by atoms with Gasteiger partial charge in [-0.1, -0.05) is 0 Å². The first-order chi connectivity index (χ1) is 12.1. The zero-order valence-electron chi connectivity index (χ0n) is 16.8. The van der Waals surface area contributed by atoms with Crippen molar-refractivity contribution >= 4 is 17.2 Å². The number of nitrogens with two attached hydrogens (primary N) is 1. The molecule has 0 aromatic rings. The summed E-state index contributed by atoms with van der Waals surface area (Å²) in [5.41, 5.74) is 5.32. The van der Waals surface area contributed by atoms with Crippen molar-refractivity contribution in [2.75, 3.05) is 44.7 Å². The van der Waals surface area contributed by atoms with Gasteiger partial charge in [-0.3, -0.25) is 14.1 Å². The standard InChI is InChI=1S/C18H35N5O2S/c1-14(2)21-7-8-23(16(10-19)13-21)17(24)25-18(3,4)6-9-26(5)22-11-15(20)12-22/h14-16,26H,6-9,11-13,20H2,1-5H3/t16-/m0/s1. The molecule has 26 heavy (non-hydrogen) atoms. The quantitative estimate of drug-likeness (QED) is 0.672. The van der Waals surface area contributed by atoms with Gasteiger partial charge in [0.2, 0.25) is 0 Å². The van der Waals surface area contributed by atoms with E-state index in [0.717, 1.165) is 31.8 Å². The lowest BCUT2D eigenvalue weighted by atomic mass is 10.1. The van der Waals surface area contributed by atoms with Gasteiger partial charge in [0.25, 0.3) is 0 Å². The molecule has 7 nitrogen and oxygen atoms in total. The molecule has 0 saturated carbocycles. The number of hydrogen-bond donors (Lipinski definition) is 2. The van der Waals surface area contributed by atoms with E-state index in [1.165, 1.54) is 0 Å². The van der Waals surface area contributed by atoms with Gasteiger partial charge in [0.05, 0.1) is 6.07 Å². The topological polar surface area (TPSA) is 85.8 Å². The molecule has 2 atom stereocenters. The van der Waals surface area contributed by atoms with Gasteiger partial charge < -0.3 is 10.5 Å². The molecule has 1 amide bonds. The Morgan fingerprint density at radius 2 is 2.00 bits per heavy atom. The molecule has 0 aromatic heterocycles. The second-order valence-corrected chi connectivity index (χ2v) is 10.6. The van der Waals surface area contributed by atoms with E-state index in [1.54, 1.807) is 4.90 Å². The molecule has 2 N–H and O–H groups in total. The molecule has 0 spiro atoms. The molecule has 0 radical (unpaired) electrons. The number of amides is 1. The van der Waals surface area contributed by atoms with Crippen LogP contribution in [0.5, 0.6) is 0 Å². The average molecular weight is 386 g/mol. The van der Waals surface area contributed by atoms with Crippen LogP contribution in [-0.4, -0.2) is 88.7 Å². The monoisotopic (exact) mass is 385 g/mol. The van der Waals surface area contributed by atoms with Crippen molar-refractivity contribution in [3.05, 3.63) is 0 Å². The van der Waals surface area contributed by atoms with E-state index < -0.39 is 11.6 Å². The van der Waals surface area contributed by atoms with Crippen molar-refractivity contribution in [1.82, 2.24) is 14.1 Å². The van der Waals surface area contributed by atoms with Crippen LogP contribution in [-0.2, 0) is 4.74 Å². The van der Waals surface area contributed by atoms with Crippen molar-refractivity contribution < 1.29 is 9.53 Å². The molecule has 2 aliphatic rings. The highest BCUT2D eigenvalue weighted by atomic mass is 32.2. The predicted molar refractivity (Wildman–Crippen MR) is 107 cm³/mol. The van der Waals surface area contributed by atoms with Crippen molar-refractivity contribution in [2.24, 2.45) is 5.73 Å². The number of piperazine rings is 1. The maximum absolute atomic E-state index is 12.7. The normalized spacial score (nSPS) is 24.9. The molecule has 0 bridgehead atoms. The Morgan fingerprint density at radius 1 is 1.35 bits per heavy atom. The molecule has 2 rings (SSSR count). The zero-order chi connectivity index (χ0) is 19.5. The molecular formula is C18H35N5O2S. The summed E-state index contributed by atoms with van der Waals surface area (Å²) in [4.78, 5) is 16.5. The summed E-state index contributed by atoms with van der Waals surface area (Å²) in [6, 6.07) is 2.51. The van der Waals surface area contributed by atoms with Crippen molar-refractivity contribution in [3.8, 4) is 6.07 Å². The second kappa shape index (κ2) is 8.79. The minimum atomic E-state index is -0.532. The third-order valence-electron chi connectivity index (χ3n) is 5.30. The largest absolute Gasteiger partial charge is 0.443 e. The minimum Gasteiger partial charge on any atom is -0.443 e. The lowest BCUT2D eigenvalue weighted by Gasteiger charge is -2.44. The number of hydrogen-bond acceptors (Lipinski definition) is 6. The highest BCUT2D eigenvalue weighted by Gasteiger charge is 2.35. The Morgan fingerprint density at radius 3 is 2.54 bits per heavy atom. The van der Waals surface area contributed by atoms with Crippen LogP contribution in [0.2, 0.25) is 0 Å². The summed E-state index contributed by atoms with van der Waals surface area (Å²) in [6.07, 6.45) is 2.71. The fourth-order valence-electron chi connectivity index (χ4n) is 3.29. The van der Waals surface area contributed by atoms with E-state index in [2.05, 4.69) is 35.4 Å². The molecule has 2 fully saturated rings. The first-order valence-electron chi connectivity index (χ1n) is 9.48. The Hall–Kier alpha value is -1.01. The van der Waals surface area contributed by atoms with E-state index in [0.29, 0.717) is 25.2 Å². The number of ether oxygens (including phenoxy) is 1. The van der Waals surface area contributed by atoms with Gasteiger partial charge in [-0.05, 0) is 46.1 Å². The van der Waals surface area contributed by atoms with Crippen LogP contribution in [0.15, 0.2) is 0 Å². The summed E-state index contributed by atoms with van der Waals surface area (Å²) >= 11 is -0.221. The number of carbonyl (C=O) groups is 1. The molecule has 2 aliphatic heterocycles. The lowest BCUT2D eigenvalue weighted by molar-refractivity contribution is -0.00679. The number of rotatable bonds is 6. The van der Waals surface area contributed by atoms with Gasteiger partial charge in [0.1, 0.15) is 11.6 Å². The number of nitriles is 1. The maximum atomic E-state index is 12.7. The van der Waals surface area contributed by atoms with Crippen molar-refractivity contribution in [1.29, 1.82) is 5.26 Å². The van der Waals surface area contributed by atoms with E-state index in [-0.39, 0.29) is 17.2 Å². The highest BCUT2D eigenvalue weighted by molar-refractivity contribution is 8.14. The van der Waals surface area contributed by atoms with E-state index >= 15 is 0 Å². The maximum Gasteiger partial charge on any atom is 0.411 e. The number of nitrogens with zero attached hydrogens (tertiary/aromatic N) is 4. The molecule has 2 heterocycles. The van der Waals surface area contributed by atoms with E-state index in [4.69, 9.17) is 10.5 Å². The van der Waals surface area contributed by atoms with Crippen LogP contribution in [0.4, 0.5) is 4.79 Å². The Labute approximate surface area is 160 Å². The van der Waals surface area contributed by atoms with Gasteiger partial charge in [0.15, 0.2) is 0 Å². The van der Waals surface area contributed by atoms with E-state index in [9.17, 15) is 10.1 Å². The van der Waals surface area contributed by atoms with Crippen LogP contribution in [0.25, 0.3) is 0 Å². The minimum absolute atomic E-state index is 0.221. The van der Waals surface area contributed by atoms with Gasteiger partial charge >= 0.3 is 6.09 Å². The Kier molecular flexibility index (Phi) is 7.19. The molecule has 0 aromatic carbocycles. The van der Waals surface area contributed by atoms with Gasteiger partial charge in [-0.15, -0.1) is 0 Å². The number of carbonyl (C=O) groups excluding carboxylic acids is 1. The summed E-state index contributed by atoms with van der Waals surface area (Å²) in [6.45, 7) is 12.0. The third-order valence-corrected chi connectivity index (χ3v) is 7.46.